The van der Waals surface area contributed by atoms with Crippen molar-refractivity contribution >= 4 is 6.16 Å². The van der Waals surface area contributed by atoms with Gasteiger partial charge in [0.25, 0.3) is 6.16 Å². The molecule has 1 saturated heterocycles. The quantitative estimate of drug-likeness (QED) is 0.294. The summed E-state index contributed by atoms with van der Waals surface area (Å²) in [5.74, 6) is 0. The fraction of sp³-hybridized carbons (Fsp3) is 0.800. The molecule has 0 N–H and O–H groups in total. The minimum absolute atomic E-state index is 0. The molecule has 1 fully saturated rings. The van der Waals surface area contributed by atoms with Crippen molar-refractivity contribution in [3.63, 3.8) is 0 Å². The van der Waals surface area contributed by atoms with E-state index < -0.39 is 12.4 Å². The number of rotatable bonds is 1. The number of carbonyl (C=O) groups is 1. The van der Waals surface area contributed by atoms with Gasteiger partial charge in [-0.1, -0.05) is 0 Å². The molecule has 0 aromatic rings. The Morgan fingerprint density at radius 1 is 1.55 bits per heavy atom. The van der Waals surface area contributed by atoms with Crippen molar-refractivity contribution in [2.45, 2.75) is 6.29 Å². The van der Waals surface area contributed by atoms with Gasteiger partial charge in [0.2, 0.25) is 0 Å². The molecule has 1 aliphatic heterocycles. The number of hydrogen-bond donors (Lipinski definition) is 0. The predicted octanol–water partition coefficient (Wildman–Crippen LogP) is -4.28. The van der Waals surface area contributed by atoms with E-state index in [2.05, 4.69) is 4.74 Å². The van der Waals surface area contributed by atoms with Crippen LogP contribution in [0.1, 0.15) is 0 Å². The molecule has 11 heavy (non-hydrogen) atoms. The van der Waals surface area contributed by atoms with Crippen LogP contribution >= 0.6 is 0 Å². The van der Waals surface area contributed by atoms with Gasteiger partial charge in [0, 0.05) is 0 Å². The van der Waals surface area contributed by atoms with Gasteiger partial charge in [0.15, 0.2) is 6.29 Å². The predicted molar refractivity (Wildman–Crippen MR) is 27.0 cm³/mol. The summed E-state index contributed by atoms with van der Waals surface area (Å²) in [6, 6.07) is 0. The van der Waals surface area contributed by atoms with E-state index in [-0.39, 0.29) is 36.2 Å². The summed E-state index contributed by atoms with van der Waals surface area (Å²) in [5.41, 5.74) is 0. The Morgan fingerprint density at radius 2 is 2.27 bits per heavy atom. The van der Waals surface area contributed by atoms with E-state index >= 15 is 0 Å². The van der Waals surface area contributed by atoms with E-state index in [4.69, 9.17) is 9.47 Å². The molecule has 6 heteroatoms. The van der Waals surface area contributed by atoms with Crippen LogP contribution in [0, 0.1) is 0 Å². The summed E-state index contributed by atoms with van der Waals surface area (Å²) in [6.45, 7) is 0.985. The zero-order valence-electron chi connectivity index (χ0n) is 6.24. The van der Waals surface area contributed by atoms with E-state index in [1.807, 2.05) is 0 Å². The van der Waals surface area contributed by atoms with E-state index in [9.17, 15) is 9.90 Å². The minimum Gasteiger partial charge on any atom is -0.519 e. The maximum atomic E-state index is 9.80. The van der Waals surface area contributed by atoms with Gasteiger partial charge >= 0.3 is 29.6 Å². The van der Waals surface area contributed by atoms with Crippen molar-refractivity contribution in [3.8, 4) is 0 Å². The Labute approximate surface area is 85.9 Å². The topological polar surface area (TPSA) is 67.8 Å². The van der Waals surface area contributed by atoms with E-state index in [0.717, 1.165) is 0 Å². The average molecular weight is 170 g/mol. The zero-order chi connectivity index (χ0) is 7.40. The molecular weight excluding hydrogens is 163 g/mol. The van der Waals surface area contributed by atoms with Crippen molar-refractivity contribution in [2.24, 2.45) is 0 Å². The van der Waals surface area contributed by atoms with E-state index in [1.165, 1.54) is 0 Å². The van der Waals surface area contributed by atoms with Crippen LogP contribution in [-0.4, -0.2) is 32.3 Å². The molecule has 0 amide bonds. The largest absolute Gasteiger partial charge is 1.00 e. The molecule has 0 aliphatic carbocycles. The monoisotopic (exact) mass is 170 g/mol. The number of ether oxygens (including phenoxy) is 3. The zero-order valence-corrected chi connectivity index (χ0v) is 8.24. The summed E-state index contributed by atoms with van der Waals surface area (Å²) in [6.07, 6.45) is -2.39. The SMILES string of the molecule is O=C([O-])OC1COCCO1.[Na+]. The summed E-state index contributed by atoms with van der Waals surface area (Å²) >= 11 is 0. The van der Waals surface area contributed by atoms with E-state index in [0.29, 0.717) is 13.2 Å². The standard InChI is InChI=1S/C5H8O5.Na/c6-5(7)10-4-3-8-1-2-9-4;/h4H,1-3H2,(H,6,7);/q;+1/p-1. The smallest absolute Gasteiger partial charge is 0.519 e. The van der Waals surface area contributed by atoms with Gasteiger partial charge in [-0.15, -0.1) is 0 Å². The molecule has 5 nitrogen and oxygen atoms in total. The van der Waals surface area contributed by atoms with Crippen molar-refractivity contribution in [1.29, 1.82) is 0 Å². The third kappa shape index (κ3) is 4.60. The normalized spacial score (nSPS) is 23.5. The van der Waals surface area contributed by atoms with Crippen molar-refractivity contribution < 1.29 is 53.7 Å². The van der Waals surface area contributed by atoms with Crippen LogP contribution in [0.5, 0.6) is 0 Å². The molecule has 0 saturated carbocycles. The van der Waals surface area contributed by atoms with Crippen LogP contribution in [0.25, 0.3) is 0 Å². The van der Waals surface area contributed by atoms with Crippen LogP contribution in [0.2, 0.25) is 0 Å². The molecule has 1 heterocycles. The molecule has 0 aromatic heterocycles. The van der Waals surface area contributed by atoms with Gasteiger partial charge < -0.3 is 24.1 Å². The second-order valence-corrected chi connectivity index (χ2v) is 1.74. The van der Waals surface area contributed by atoms with Crippen LogP contribution in [0.3, 0.4) is 0 Å². The van der Waals surface area contributed by atoms with Gasteiger partial charge in [-0.25, -0.2) is 0 Å². The summed E-state index contributed by atoms with van der Waals surface area (Å²) in [7, 11) is 0. The number of hydrogen-bond acceptors (Lipinski definition) is 5. The van der Waals surface area contributed by atoms with Gasteiger partial charge in [-0.05, 0) is 0 Å². The van der Waals surface area contributed by atoms with E-state index in [1.54, 1.807) is 0 Å². The molecule has 1 unspecified atom stereocenters. The van der Waals surface area contributed by atoms with Crippen molar-refractivity contribution in [3.05, 3.63) is 0 Å². The first-order valence-corrected chi connectivity index (χ1v) is 2.86. The Kier molecular flexibility index (Phi) is 5.89. The number of carboxylic acid groups (broad SMARTS) is 1. The van der Waals surface area contributed by atoms with Gasteiger partial charge in [-0.3, -0.25) is 0 Å². The van der Waals surface area contributed by atoms with Crippen molar-refractivity contribution in [2.75, 3.05) is 19.8 Å². The fourth-order valence-electron chi connectivity index (χ4n) is 0.642. The Balaban J connectivity index is 0.000001000. The molecule has 0 bridgehead atoms. The maximum Gasteiger partial charge on any atom is 1.00 e. The van der Waals surface area contributed by atoms with Crippen LogP contribution < -0.4 is 34.7 Å². The molecule has 1 rings (SSSR count). The summed E-state index contributed by atoms with van der Waals surface area (Å²) in [4.78, 5) is 9.80. The third-order valence-electron chi connectivity index (χ3n) is 1.01. The molecule has 58 valence electrons. The van der Waals surface area contributed by atoms with Crippen molar-refractivity contribution in [1.82, 2.24) is 0 Å². The first-order chi connectivity index (χ1) is 4.79. The molecule has 1 aliphatic rings. The van der Waals surface area contributed by atoms with Gasteiger partial charge in [0.1, 0.15) is 0 Å². The first kappa shape index (κ1) is 11.2. The minimum atomic E-state index is -1.59. The van der Waals surface area contributed by atoms with Gasteiger partial charge in [-0.2, -0.15) is 0 Å². The summed E-state index contributed by atoms with van der Waals surface area (Å²) in [5, 5.41) is 9.80. The molecule has 1 atom stereocenters. The van der Waals surface area contributed by atoms with Crippen LogP contribution in [-0.2, 0) is 14.2 Å². The second kappa shape index (κ2) is 5.79. The fourth-order valence-corrected chi connectivity index (χ4v) is 0.642. The maximum absolute atomic E-state index is 9.80. The molecule has 0 aromatic carbocycles. The molecule has 0 radical (unpaired) electrons. The van der Waals surface area contributed by atoms with Gasteiger partial charge in [0.05, 0.1) is 19.8 Å². The Bertz CT molecular complexity index is 122. The Morgan fingerprint density at radius 3 is 2.73 bits per heavy atom. The molecular formula is C5H7NaO5. The molecule has 0 spiro atoms. The number of carbonyl (C=O) groups excluding carboxylic acids is 1. The Hall–Kier alpha value is 0.190. The van der Waals surface area contributed by atoms with Crippen LogP contribution in [0.4, 0.5) is 4.79 Å². The van der Waals surface area contributed by atoms with Crippen LogP contribution in [0.15, 0.2) is 0 Å². The average Bonchev–Trinajstić information content (AvgIpc) is 1.88. The first-order valence-electron chi connectivity index (χ1n) is 2.86. The summed E-state index contributed by atoms with van der Waals surface area (Å²) < 4.78 is 13.8. The third-order valence-corrected chi connectivity index (χ3v) is 1.01. The second-order valence-electron chi connectivity index (χ2n) is 1.74.